The Bertz CT molecular complexity index is 934. The smallest absolute Gasteiger partial charge is 0.244 e. The van der Waals surface area contributed by atoms with Crippen molar-refractivity contribution in [2.24, 2.45) is 0 Å². The van der Waals surface area contributed by atoms with Crippen LogP contribution in [-0.4, -0.2) is 47.8 Å². The fourth-order valence-corrected chi connectivity index (χ4v) is 4.96. The Hall–Kier alpha value is -2.66. The number of hydrogen-bond donors (Lipinski definition) is 1. The molecule has 2 atom stereocenters. The Morgan fingerprint density at radius 3 is 2.44 bits per heavy atom. The number of piperidine rings is 1. The van der Waals surface area contributed by atoms with Gasteiger partial charge in [-0.2, -0.15) is 0 Å². The van der Waals surface area contributed by atoms with E-state index in [0.29, 0.717) is 6.54 Å². The van der Waals surface area contributed by atoms with Gasteiger partial charge in [-0.15, -0.1) is 0 Å². The molecule has 4 rings (SSSR count). The zero-order chi connectivity index (χ0) is 22.5. The van der Waals surface area contributed by atoms with Crippen molar-refractivity contribution < 1.29 is 9.59 Å². The lowest BCUT2D eigenvalue weighted by atomic mass is 9.91. The number of hydrogen-bond acceptors (Lipinski definition) is 3. The highest BCUT2D eigenvalue weighted by atomic mass is 16.2. The molecule has 2 aliphatic heterocycles. The maximum Gasteiger partial charge on any atom is 0.244 e. The molecule has 0 spiro atoms. The number of fused-ring (bicyclic) bond motifs is 1. The van der Waals surface area contributed by atoms with Crippen molar-refractivity contribution >= 4 is 11.8 Å². The van der Waals surface area contributed by atoms with Crippen molar-refractivity contribution in [1.82, 2.24) is 15.1 Å². The lowest BCUT2D eigenvalue weighted by Gasteiger charge is -2.39. The topological polar surface area (TPSA) is 52.7 Å². The number of nitrogens with zero attached hydrogens (tertiary/aromatic N) is 2. The fraction of sp³-hybridized carbons (Fsp3) is 0.481. The molecular formula is C27H35N3O2. The number of carbonyl (C=O) groups excluding carboxylic acids is 2. The van der Waals surface area contributed by atoms with Crippen LogP contribution in [0, 0.1) is 0 Å². The molecule has 0 aromatic heterocycles. The second-order valence-corrected chi connectivity index (χ2v) is 9.09. The van der Waals surface area contributed by atoms with Gasteiger partial charge in [-0.05, 0) is 61.3 Å². The summed E-state index contributed by atoms with van der Waals surface area (Å²) in [7, 11) is 0. The molecule has 1 fully saturated rings. The first-order chi connectivity index (χ1) is 15.6. The average Bonchev–Trinajstić information content (AvgIpc) is 2.84. The molecule has 2 unspecified atom stereocenters. The molecule has 5 heteroatoms. The number of benzene rings is 2. The van der Waals surface area contributed by atoms with E-state index < -0.39 is 0 Å². The summed E-state index contributed by atoms with van der Waals surface area (Å²) in [6.45, 7) is 6.74. The van der Waals surface area contributed by atoms with Gasteiger partial charge in [-0.1, -0.05) is 55.5 Å². The molecule has 170 valence electrons. The van der Waals surface area contributed by atoms with Crippen LogP contribution in [0.4, 0.5) is 0 Å². The highest BCUT2D eigenvalue weighted by Crippen LogP contribution is 2.32. The summed E-state index contributed by atoms with van der Waals surface area (Å²) in [5, 5.41) is 3.14. The van der Waals surface area contributed by atoms with Crippen molar-refractivity contribution in [3.05, 3.63) is 70.8 Å². The molecule has 5 nitrogen and oxygen atoms in total. The zero-order valence-electron chi connectivity index (χ0n) is 19.3. The van der Waals surface area contributed by atoms with Crippen LogP contribution in [-0.2, 0) is 22.4 Å². The van der Waals surface area contributed by atoms with Gasteiger partial charge in [0.05, 0.1) is 12.6 Å². The highest BCUT2D eigenvalue weighted by Gasteiger charge is 2.36. The number of rotatable bonds is 6. The van der Waals surface area contributed by atoms with Gasteiger partial charge in [0.1, 0.15) is 6.04 Å². The number of aryl methyl sites for hydroxylation is 1. The summed E-state index contributed by atoms with van der Waals surface area (Å²) >= 11 is 0. The largest absolute Gasteiger partial charge is 0.348 e. The summed E-state index contributed by atoms with van der Waals surface area (Å²) in [5.74, 6) is 0.112. The Labute approximate surface area is 191 Å². The quantitative estimate of drug-likeness (QED) is 0.748. The summed E-state index contributed by atoms with van der Waals surface area (Å²) in [6, 6.07) is 16.2. The van der Waals surface area contributed by atoms with Gasteiger partial charge >= 0.3 is 0 Å². The van der Waals surface area contributed by atoms with Gasteiger partial charge in [-0.3, -0.25) is 14.5 Å². The van der Waals surface area contributed by atoms with E-state index in [4.69, 9.17) is 0 Å². The van der Waals surface area contributed by atoms with Crippen molar-refractivity contribution in [3.63, 3.8) is 0 Å². The molecule has 0 bridgehead atoms. The Morgan fingerprint density at radius 2 is 1.72 bits per heavy atom. The highest BCUT2D eigenvalue weighted by molar-refractivity contribution is 5.86. The minimum absolute atomic E-state index is 0.0344. The van der Waals surface area contributed by atoms with Gasteiger partial charge in [0.25, 0.3) is 0 Å². The molecule has 2 aliphatic rings. The SMILES string of the molecule is CCc1ccc(C(C)NC(=O)CN2CCc3ccccc3C2C(=O)N2CCCCC2)cc1. The maximum absolute atomic E-state index is 13.6. The minimum atomic E-state index is -0.372. The lowest BCUT2D eigenvalue weighted by molar-refractivity contribution is -0.139. The van der Waals surface area contributed by atoms with E-state index >= 15 is 0 Å². The lowest BCUT2D eigenvalue weighted by Crippen LogP contribution is -2.50. The van der Waals surface area contributed by atoms with E-state index in [9.17, 15) is 9.59 Å². The molecule has 1 N–H and O–H groups in total. The van der Waals surface area contributed by atoms with Gasteiger partial charge in [-0.25, -0.2) is 0 Å². The normalized spacial score (nSPS) is 19.8. The van der Waals surface area contributed by atoms with Crippen molar-refractivity contribution in [1.29, 1.82) is 0 Å². The Kier molecular flexibility index (Phi) is 7.26. The van der Waals surface area contributed by atoms with Crippen molar-refractivity contribution in [2.45, 2.75) is 58.0 Å². The summed E-state index contributed by atoms with van der Waals surface area (Å²) < 4.78 is 0. The number of carbonyl (C=O) groups is 2. The maximum atomic E-state index is 13.6. The van der Waals surface area contributed by atoms with E-state index in [0.717, 1.165) is 49.9 Å². The monoisotopic (exact) mass is 433 g/mol. The third kappa shape index (κ3) is 5.04. The molecule has 1 saturated heterocycles. The van der Waals surface area contributed by atoms with Crippen LogP contribution in [0.25, 0.3) is 0 Å². The van der Waals surface area contributed by atoms with Crippen LogP contribution in [0.2, 0.25) is 0 Å². The summed E-state index contributed by atoms with van der Waals surface area (Å²) in [6.07, 6.45) is 5.18. The Morgan fingerprint density at radius 1 is 1.00 bits per heavy atom. The predicted molar refractivity (Wildman–Crippen MR) is 127 cm³/mol. The average molecular weight is 434 g/mol. The number of nitrogens with one attached hydrogen (secondary N) is 1. The summed E-state index contributed by atoms with van der Waals surface area (Å²) in [4.78, 5) is 30.6. The Balaban J connectivity index is 1.47. The van der Waals surface area contributed by atoms with Crippen LogP contribution in [0.3, 0.4) is 0 Å². The molecule has 2 heterocycles. The first-order valence-corrected chi connectivity index (χ1v) is 12.1. The number of likely N-dealkylation sites (tertiary alicyclic amines) is 1. The summed E-state index contributed by atoms with van der Waals surface area (Å²) in [5.41, 5.74) is 4.67. The predicted octanol–water partition coefficient (Wildman–Crippen LogP) is 4.04. The third-order valence-electron chi connectivity index (χ3n) is 6.90. The first-order valence-electron chi connectivity index (χ1n) is 12.1. The van der Waals surface area contributed by atoms with Crippen LogP contribution in [0.1, 0.15) is 67.4 Å². The molecule has 0 saturated carbocycles. The van der Waals surface area contributed by atoms with Crippen LogP contribution in [0.15, 0.2) is 48.5 Å². The van der Waals surface area contributed by atoms with E-state index in [-0.39, 0.29) is 30.4 Å². The fourth-order valence-electron chi connectivity index (χ4n) is 4.96. The van der Waals surface area contributed by atoms with Crippen LogP contribution < -0.4 is 5.32 Å². The van der Waals surface area contributed by atoms with E-state index in [1.54, 1.807) is 0 Å². The minimum Gasteiger partial charge on any atom is -0.348 e. The first kappa shape index (κ1) is 22.5. The molecule has 2 amide bonds. The van der Waals surface area contributed by atoms with Gasteiger partial charge in [0, 0.05) is 19.6 Å². The molecular weight excluding hydrogens is 398 g/mol. The van der Waals surface area contributed by atoms with Gasteiger partial charge in [0.15, 0.2) is 0 Å². The van der Waals surface area contributed by atoms with Gasteiger partial charge in [0.2, 0.25) is 11.8 Å². The van der Waals surface area contributed by atoms with Crippen LogP contribution in [0.5, 0.6) is 0 Å². The number of amides is 2. The second-order valence-electron chi connectivity index (χ2n) is 9.09. The van der Waals surface area contributed by atoms with Crippen LogP contribution >= 0.6 is 0 Å². The second kappa shape index (κ2) is 10.3. The van der Waals surface area contributed by atoms with E-state index in [1.165, 1.54) is 17.5 Å². The third-order valence-corrected chi connectivity index (χ3v) is 6.90. The molecule has 32 heavy (non-hydrogen) atoms. The standard InChI is InChI=1S/C27H35N3O2/c1-3-21-11-13-22(14-12-21)20(2)28-25(31)19-30-18-15-23-9-5-6-10-24(23)26(30)27(32)29-16-7-4-8-17-29/h5-6,9-14,20,26H,3-4,7-8,15-19H2,1-2H3,(H,28,31). The van der Waals surface area contributed by atoms with Crippen molar-refractivity contribution in [3.8, 4) is 0 Å². The molecule has 2 aromatic carbocycles. The van der Waals surface area contributed by atoms with E-state index in [2.05, 4.69) is 53.5 Å². The molecule has 0 radical (unpaired) electrons. The zero-order valence-corrected chi connectivity index (χ0v) is 19.3. The molecule has 0 aliphatic carbocycles. The van der Waals surface area contributed by atoms with Crippen molar-refractivity contribution in [2.75, 3.05) is 26.2 Å². The van der Waals surface area contributed by atoms with E-state index in [1.807, 2.05) is 24.0 Å². The molecule has 2 aromatic rings. The van der Waals surface area contributed by atoms with Gasteiger partial charge < -0.3 is 10.2 Å².